The first-order valence-corrected chi connectivity index (χ1v) is 13.6. The number of ether oxygens (including phenoxy) is 4. The number of phenols is 1. The zero-order valence-electron chi connectivity index (χ0n) is 23.2. The fraction of sp³-hybridized carbons (Fsp3) is 0.536. The van der Waals surface area contributed by atoms with Crippen LogP contribution in [0.5, 0.6) is 11.5 Å². The minimum atomic E-state index is -2.04. The van der Waals surface area contributed by atoms with Gasteiger partial charge in [-0.15, -0.1) is 0 Å². The predicted octanol–water partition coefficient (Wildman–Crippen LogP) is -0.633. The first-order valence-electron chi connectivity index (χ1n) is 13.6. The minimum Gasteiger partial charge on any atom is -0.504 e. The van der Waals surface area contributed by atoms with E-state index in [4.69, 9.17) is 24.4 Å². The van der Waals surface area contributed by atoms with Crippen LogP contribution in [0.2, 0.25) is 0 Å². The summed E-state index contributed by atoms with van der Waals surface area (Å²) in [6.45, 7) is 1.64. The number of carbonyl (C=O) groups excluding carboxylic acids is 3. The van der Waals surface area contributed by atoms with E-state index in [9.17, 15) is 39.3 Å². The Kier molecular flexibility index (Phi) is 7.61. The Bertz CT molecular complexity index is 1420. The van der Waals surface area contributed by atoms with E-state index >= 15 is 0 Å². The lowest BCUT2D eigenvalue weighted by Crippen LogP contribution is -2.74. The number of nitrogens with zero attached hydrogens (tertiary/aromatic N) is 1. The van der Waals surface area contributed by atoms with E-state index in [1.165, 1.54) is 12.1 Å². The number of hydrogen-bond donors (Lipinski definition) is 5. The molecule has 232 valence electrons. The average molecular weight is 606 g/mol. The van der Waals surface area contributed by atoms with E-state index in [1.807, 2.05) is 7.05 Å². The number of aliphatic carboxylic acids is 2. The molecule has 5 N–H and O–H groups in total. The first-order chi connectivity index (χ1) is 20.2. The van der Waals surface area contributed by atoms with Crippen molar-refractivity contribution < 1.29 is 68.5 Å². The topological polar surface area (TPSA) is 227 Å². The molecule has 0 amide bonds. The van der Waals surface area contributed by atoms with Gasteiger partial charge in [0.2, 0.25) is 6.10 Å². The van der Waals surface area contributed by atoms with Crippen LogP contribution in [0.1, 0.15) is 43.7 Å². The average Bonchev–Trinajstić information content (AvgIpc) is 3.29. The molecule has 0 radical (unpaired) electrons. The third kappa shape index (κ3) is 4.86. The van der Waals surface area contributed by atoms with Crippen molar-refractivity contribution in [2.45, 2.75) is 80.5 Å². The molecule has 2 heterocycles. The Balaban J connectivity index is 1.26. The minimum absolute atomic E-state index is 0.00364. The summed E-state index contributed by atoms with van der Waals surface area (Å²) in [7, 11) is 1.92. The lowest BCUT2D eigenvalue weighted by Gasteiger charge is -2.61. The second kappa shape index (κ2) is 10.8. The number of benzene rings is 1. The molecule has 43 heavy (non-hydrogen) atoms. The van der Waals surface area contributed by atoms with Gasteiger partial charge >= 0.3 is 29.8 Å². The zero-order chi connectivity index (χ0) is 31.4. The number of likely N-dealkylation sites (N-methyl/N-ethyl adjacent to an activating group) is 1. The number of esters is 3. The molecule has 2 bridgehead atoms. The van der Waals surface area contributed by atoms with E-state index in [1.54, 1.807) is 6.07 Å². The lowest BCUT2D eigenvalue weighted by atomic mass is 9.50. The number of carbonyl (C=O) groups is 5. The number of aliphatic hydroxyl groups excluding tert-OH is 1. The number of carboxylic acids is 2. The molecule has 1 aromatic carbocycles. The Hall–Kier alpha value is -4.21. The second-order valence-corrected chi connectivity index (χ2v) is 11.2. The van der Waals surface area contributed by atoms with Crippen LogP contribution in [0.15, 0.2) is 24.0 Å². The molecule has 2 aliphatic heterocycles. The largest absolute Gasteiger partial charge is 0.504 e. The zero-order valence-corrected chi connectivity index (χ0v) is 23.2. The molecule has 0 unspecified atom stereocenters. The molecule has 2 aliphatic carbocycles. The number of rotatable bonds is 10. The van der Waals surface area contributed by atoms with E-state index in [-0.39, 0.29) is 29.7 Å². The van der Waals surface area contributed by atoms with Crippen molar-refractivity contribution in [2.24, 2.45) is 0 Å². The van der Waals surface area contributed by atoms with E-state index in [0.29, 0.717) is 24.9 Å². The molecule has 7 atom stereocenters. The van der Waals surface area contributed by atoms with Crippen LogP contribution in [0.3, 0.4) is 0 Å². The molecule has 0 saturated carbocycles. The number of piperidine rings is 1. The summed E-state index contributed by atoms with van der Waals surface area (Å²) in [5.74, 6) is -6.98. The summed E-state index contributed by atoms with van der Waals surface area (Å²) in [4.78, 5) is 61.2. The molecule has 1 saturated heterocycles. The SMILES string of the molecule is C[C@H](OC(=O)C[C@H](O)C(=O)OC1=CC[C@@]2(O)[C@@H]3Cc4ccc(O)c5c4[C@@]2(CCN3C)[C@H]1O5)C(=O)O[C@@H](CC(=O)O)C(=O)O. The van der Waals surface area contributed by atoms with Gasteiger partial charge < -0.3 is 49.4 Å². The van der Waals surface area contributed by atoms with Gasteiger partial charge in [-0.25, -0.2) is 14.4 Å². The highest BCUT2D eigenvalue weighted by atomic mass is 16.6. The number of carboxylic acid groups (broad SMARTS) is 2. The predicted molar refractivity (Wildman–Crippen MR) is 139 cm³/mol. The first kappa shape index (κ1) is 30.3. The molecule has 15 heteroatoms. The van der Waals surface area contributed by atoms with Crippen LogP contribution in [-0.2, 0) is 50.0 Å². The smallest absolute Gasteiger partial charge is 0.348 e. The van der Waals surface area contributed by atoms with Crippen LogP contribution in [0.4, 0.5) is 0 Å². The second-order valence-electron chi connectivity index (χ2n) is 11.2. The number of hydrogen-bond acceptors (Lipinski definition) is 13. The summed E-state index contributed by atoms with van der Waals surface area (Å²) < 4.78 is 21.0. The summed E-state index contributed by atoms with van der Waals surface area (Å²) in [6.07, 6.45) is -6.16. The van der Waals surface area contributed by atoms with Gasteiger partial charge in [-0.2, -0.15) is 0 Å². The lowest BCUT2D eigenvalue weighted by molar-refractivity contribution is -0.179. The molecule has 1 aromatic rings. The Morgan fingerprint density at radius 3 is 2.51 bits per heavy atom. The molecule has 0 aromatic heterocycles. The fourth-order valence-corrected chi connectivity index (χ4v) is 6.73. The number of likely N-dealkylation sites (tertiary alicyclic amines) is 1. The molecule has 1 fully saturated rings. The normalized spacial score (nSPS) is 28.7. The molecule has 5 rings (SSSR count). The number of aromatic hydroxyl groups is 1. The quantitative estimate of drug-likeness (QED) is 0.165. The van der Waals surface area contributed by atoms with Crippen LogP contribution in [0.25, 0.3) is 0 Å². The van der Waals surface area contributed by atoms with Crippen LogP contribution < -0.4 is 4.74 Å². The van der Waals surface area contributed by atoms with E-state index in [0.717, 1.165) is 12.5 Å². The van der Waals surface area contributed by atoms with Gasteiger partial charge in [0.15, 0.2) is 29.8 Å². The van der Waals surface area contributed by atoms with Crippen molar-refractivity contribution in [2.75, 3.05) is 13.6 Å². The summed E-state index contributed by atoms with van der Waals surface area (Å²) >= 11 is 0. The highest BCUT2D eigenvalue weighted by molar-refractivity contribution is 5.86. The highest BCUT2D eigenvalue weighted by Gasteiger charge is 2.72. The van der Waals surface area contributed by atoms with E-state index in [2.05, 4.69) is 9.64 Å². The Morgan fingerprint density at radius 1 is 1.12 bits per heavy atom. The van der Waals surface area contributed by atoms with Crippen molar-refractivity contribution in [3.05, 3.63) is 35.1 Å². The third-order valence-electron chi connectivity index (χ3n) is 8.74. The number of phenolic OH excluding ortho intramolecular Hbond substituents is 1. The maximum absolute atomic E-state index is 12.9. The Labute approximate surface area is 244 Å². The van der Waals surface area contributed by atoms with Crippen molar-refractivity contribution >= 4 is 29.8 Å². The van der Waals surface area contributed by atoms with Gasteiger partial charge in [0.25, 0.3) is 0 Å². The van der Waals surface area contributed by atoms with Gasteiger partial charge in [-0.3, -0.25) is 9.59 Å². The van der Waals surface area contributed by atoms with Gasteiger partial charge in [-0.1, -0.05) is 6.07 Å². The van der Waals surface area contributed by atoms with Crippen molar-refractivity contribution in [1.29, 1.82) is 0 Å². The van der Waals surface area contributed by atoms with Crippen molar-refractivity contribution in [1.82, 2.24) is 4.90 Å². The van der Waals surface area contributed by atoms with Crippen molar-refractivity contribution in [3.8, 4) is 11.5 Å². The van der Waals surface area contributed by atoms with Crippen LogP contribution in [-0.4, -0.2) is 110 Å². The summed E-state index contributed by atoms with van der Waals surface area (Å²) in [5.41, 5.74) is -0.768. The fourth-order valence-electron chi connectivity index (χ4n) is 6.73. The molecule has 1 spiro atoms. The highest BCUT2D eigenvalue weighted by Crippen LogP contribution is 2.65. The molecule has 15 nitrogen and oxygen atoms in total. The maximum Gasteiger partial charge on any atom is 0.348 e. The van der Waals surface area contributed by atoms with Gasteiger partial charge in [0, 0.05) is 18.0 Å². The van der Waals surface area contributed by atoms with Crippen LogP contribution >= 0.6 is 0 Å². The maximum atomic E-state index is 12.9. The monoisotopic (exact) mass is 605 g/mol. The standard InChI is InChI=1S/C28H31NO14/c1-12(25(37)42-17(24(35)36)11-19(32)33)40-20(34)10-15(31)26(38)41-16-5-6-28(39)18-9-13-3-4-14(30)22-21(13)27(28,23(16)43-22)7-8-29(18)2/h3-5,12,15,17-18,23,30-31,39H,6-11H2,1-2H3,(H,32,33)(H,35,36)/t12-,15-,17-,18-,23-,27-,28+/m0/s1. The molecule has 4 aliphatic rings. The number of aliphatic hydroxyl groups is 2. The van der Waals surface area contributed by atoms with Gasteiger partial charge in [0.05, 0.1) is 23.9 Å². The summed E-state index contributed by atoms with van der Waals surface area (Å²) in [6, 6.07) is 3.03. The van der Waals surface area contributed by atoms with Crippen LogP contribution in [0, 0.1) is 0 Å². The third-order valence-corrected chi connectivity index (χ3v) is 8.74. The summed E-state index contributed by atoms with van der Waals surface area (Å²) in [5, 5.41) is 50.9. The van der Waals surface area contributed by atoms with Gasteiger partial charge in [-0.05, 0) is 51.1 Å². The van der Waals surface area contributed by atoms with Gasteiger partial charge in [0.1, 0.15) is 5.76 Å². The van der Waals surface area contributed by atoms with E-state index < -0.39 is 78.1 Å². The van der Waals surface area contributed by atoms with Crippen molar-refractivity contribution in [3.63, 3.8) is 0 Å². The molecular formula is C28H31NO14. The Morgan fingerprint density at radius 2 is 1.84 bits per heavy atom. The molecular weight excluding hydrogens is 574 g/mol.